The van der Waals surface area contributed by atoms with Gasteiger partial charge in [-0.3, -0.25) is 4.79 Å². The number of carbonyl (C=O) groups excluding carboxylic acids is 1. The second-order valence-corrected chi connectivity index (χ2v) is 4.76. The smallest absolute Gasteiger partial charge is 0.227 e. The van der Waals surface area contributed by atoms with E-state index in [1.165, 1.54) is 25.7 Å². The van der Waals surface area contributed by atoms with E-state index in [2.05, 4.69) is 5.32 Å². The van der Waals surface area contributed by atoms with Gasteiger partial charge < -0.3 is 11.1 Å². The van der Waals surface area contributed by atoms with Crippen LogP contribution in [0.3, 0.4) is 0 Å². The lowest BCUT2D eigenvalue weighted by atomic mass is 9.99. The molecule has 1 aliphatic carbocycles. The van der Waals surface area contributed by atoms with Crippen molar-refractivity contribution in [3.63, 3.8) is 0 Å². The number of carbonyl (C=O) groups is 1. The van der Waals surface area contributed by atoms with Crippen molar-refractivity contribution < 1.29 is 4.79 Å². The summed E-state index contributed by atoms with van der Waals surface area (Å²) >= 11 is 0. The molecule has 3 nitrogen and oxygen atoms in total. The van der Waals surface area contributed by atoms with Gasteiger partial charge in [0, 0.05) is 5.92 Å². The Balaban J connectivity index is 1.98. The predicted octanol–water partition coefficient (Wildman–Crippen LogP) is 3.18. The van der Waals surface area contributed by atoms with Crippen LogP contribution in [-0.2, 0) is 4.79 Å². The van der Waals surface area contributed by atoms with Crippen molar-refractivity contribution in [1.29, 1.82) is 0 Å². The number of para-hydroxylation sites is 2. The van der Waals surface area contributed by atoms with Crippen LogP contribution in [0, 0.1) is 5.92 Å². The maximum atomic E-state index is 12.1. The van der Waals surface area contributed by atoms with Gasteiger partial charge in [0.2, 0.25) is 5.91 Å². The van der Waals surface area contributed by atoms with Crippen molar-refractivity contribution in [2.24, 2.45) is 5.92 Å². The monoisotopic (exact) mass is 232 g/mol. The molecule has 1 saturated carbocycles. The number of nitrogens with one attached hydrogen (secondary N) is 1. The maximum Gasteiger partial charge on any atom is 0.227 e. The average molecular weight is 232 g/mol. The van der Waals surface area contributed by atoms with Crippen LogP contribution in [0.1, 0.15) is 38.5 Å². The molecule has 0 atom stereocenters. The zero-order valence-electron chi connectivity index (χ0n) is 10.1. The van der Waals surface area contributed by atoms with Gasteiger partial charge >= 0.3 is 0 Å². The summed E-state index contributed by atoms with van der Waals surface area (Å²) in [6.45, 7) is 0. The molecule has 0 unspecified atom stereocenters. The first kappa shape index (κ1) is 12.0. The molecule has 0 radical (unpaired) electrons. The molecule has 1 amide bonds. The molecule has 0 saturated heterocycles. The van der Waals surface area contributed by atoms with Crippen LogP contribution in [0.25, 0.3) is 0 Å². The molecule has 3 N–H and O–H groups in total. The standard InChI is InChI=1S/C14H20N2O/c15-12-9-5-6-10-13(12)16-14(17)11-7-3-1-2-4-8-11/h5-6,9-11H,1-4,7-8,15H2,(H,16,17). The largest absolute Gasteiger partial charge is 0.397 e. The molecule has 1 fully saturated rings. The summed E-state index contributed by atoms with van der Waals surface area (Å²) in [5, 5.41) is 2.94. The number of hydrogen-bond acceptors (Lipinski definition) is 2. The van der Waals surface area contributed by atoms with Gasteiger partial charge in [-0.05, 0) is 25.0 Å². The van der Waals surface area contributed by atoms with Crippen molar-refractivity contribution in [2.45, 2.75) is 38.5 Å². The summed E-state index contributed by atoms with van der Waals surface area (Å²) in [4.78, 5) is 12.1. The first-order valence-electron chi connectivity index (χ1n) is 6.43. The van der Waals surface area contributed by atoms with E-state index >= 15 is 0 Å². The third-order valence-corrected chi connectivity index (χ3v) is 3.44. The molecule has 1 aliphatic rings. The van der Waals surface area contributed by atoms with Crippen LogP contribution < -0.4 is 11.1 Å². The Bertz CT molecular complexity index is 382. The van der Waals surface area contributed by atoms with Crippen molar-refractivity contribution in [3.05, 3.63) is 24.3 Å². The predicted molar refractivity (Wildman–Crippen MR) is 70.7 cm³/mol. The molecule has 1 aromatic carbocycles. The zero-order valence-corrected chi connectivity index (χ0v) is 10.1. The Morgan fingerprint density at radius 3 is 2.41 bits per heavy atom. The third-order valence-electron chi connectivity index (χ3n) is 3.44. The van der Waals surface area contributed by atoms with Crippen molar-refractivity contribution >= 4 is 17.3 Å². The fourth-order valence-electron chi connectivity index (χ4n) is 2.39. The van der Waals surface area contributed by atoms with E-state index in [9.17, 15) is 4.79 Å². The summed E-state index contributed by atoms with van der Waals surface area (Å²) in [6.07, 6.45) is 6.89. The zero-order chi connectivity index (χ0) is 12.1. The fraction of sp³-hybridized carbons (Fsp3) is 0.500. The van der Waals surface area contributed by atoms with Gasteiger partial charge in [-0.15, -0.1) is 0 Å². The minimum absolute atomic E-state index is 0.129. The molecule has 2 rings (SSSR count). The van der Waals surface area contributed by atoms with E-state index in [4.69, 9.17) is 5.73 Å². The highest BCUT2D eigenvalue weighted by Crippen LogP contribution is 2.25. The van der Waals surface area contributed by atoms with Gasteiger partial charge in [0.05, 0.1) is 11.4 Å². The average Bonchev–Trinajstić information content (AvgIpc) is 2.61. The molecule has 3 heteroatoms. The van der Waals surface area contributed by atoms with Gasteiger partial charge in [-0.1, -0.05) is 37.8 Å². The molecule has 92 valence electrons. The lowest BCUT2D eigenvalue weighted by Crippen LogP contribution is -2.22. The summed E-state index contributed by atoms with van der Waals surface area (Å²) < 4.78 is 0. The number of hydrogen-bond donors (Lipinski definition) is 2. The van der Waals surface area contributed by atoms with Gasteiger partial charge in [0.15, 0.2) is 0 Å². The van der Waals surface area contributed by atoms with Gasteiger partial charge in [-0.2, -0.15) is 0 Å². The van der Waals surface area contributed by atoms with Crippen LogP contribution in [-0.4, -0.2) is 5.91 Å². The summed E-state index contributed by atoms with van der Waals surface area (Å²) in [5.41, 5.74) is 7.19. The van der Waals surface area contributed by atoms with Crippen LogP contribution in [0.15, 0.2) is 24.3 Å². The minimum Gasteiger partial charge on any atom is -0.397 e. The summed E-state index contributed by atoms with van der Waals surface area (Å²) in [7, 11) is 0. The Hall–Kier alpha value is -1.51. The summed E-state index contributed by atoms with van der Waals surface area (Å²) in [6, 6.07) is 7.42. The molecule has 1 aromatic rings. The van der Waals surface area contributed by atoms with Crippen LogP contribution >= 0.6 is 0 Å². The molecule has 0 heterocycles. The minimum atomic E-state index is 0.129. The molecule has 0 bridgehead atoms. The highest BCUT2D eigenvalue weighted by Gasteiger charge is 2.20. The molecular formula is C14H20N2O. The third kappa shape index (κ3) is 3.22. The Morgan fingerprint density at radius 2 is 1.76 bits per heavy atom. The van der Waals surface area contributed by atoms with Crippen molar-refractivity contribution in [3.8, 4) is 0 Å². The second-order valence-electron chi connectivity index (χ2n) is 4.76. The molecule has 17 heavy (non-hydrogen) atoms. The number of nitrogen functional groups attached to an aromatic ring is 1. The van der Waals surface area contributed by atoms with Crippen molar-refractivity contribution in [2.75, 3.05) is 11.1 Å². The van der Waals surface area contributed by atoms with E-state index in [-0.39, 0.29) is 11.8 Å². The van der Waals surface area contributed by atoms with Gasteiger partial charge in [0.1, 0.15) is 0 Å². The lowest BCUT2D eigenvalue weighted by molar-refractivity contribution is -0.120. The number of rotatable bonds is 2. The Morgan fingerprint density at radius 1 is 1.12 bits per heavy atom. The van der Waals surface area contributed by atoms with E-state index < -0.39 is 0 Å². The number of anilines is 2. The second kappa shape index (κ2) is 5.71. The van der Waals surface area contributed by atoms with E-state index in [0.29, 0.717) is 5.69 Å². The van der Waals surface area contributed by atoms with E-state index in [0.717, 1.165) is 18.5 Å². The number of nitrogens with two attached hydrogens (primary N) is 1. The Kier molecular flexibility index (Phi) is 4.02. The SMILES string of the molecule is Nc1ccccc1NC(=O)C1CCCCCC1. The van der Waals surface area contributed by atoms with Crippen LogP contribution in [0.4, 0.5) is 11.4 Å². The molecule has 0 aromatic heterocycles. The summed E-state index contributed by atoms with van der Waals surface area (Å²) in [5.74, 6) is 0.293. The Labute approximate surface area is 102 Å². The first-order valence-corrected chi connectivity index (χ1v) is 6.43. The van der Waals surface area contributed by atoms with E-state index in [1.807, 2.05) is 24.3 Å². The normalized spacial score (nSPS) is 17.4. The quantitative estimate of drug-likeness (QED) is 0.608. The van der Waals surface area contributed by atoms with E-state index in [1.54, 1.807) is 0 Å². The highest BCUT2D eigenvalue weighted by atomic mass is 16.1. The number of amides is 1. The topological polar surface area (TPSA) is 55.1 Å². The highest BCUT2D eigenvalue weighted by molar-refractivity contribution is 5.95. The fourth-order valence-corrected chi connectivity index (χ4v) is 2.39. The van der Waals surface area contributed by atoms with Crippen LogP contribution in [0.5, 0.6) is 0 Å². The first-order chi connectivity index (χ1) is 8.27. The number of benzene rings is 1. The van der Waals surface area contributed by atoms with Crippen molar-refractivity contribution in [1.82, 2.24) is 0 Å². The lowest BCUT2D eigenvalue weighted by Gasteiger charge is -2.15. The van der Waals surface area contributed by atoms with Crippen LogP contribution in [0.2, 0.25) is 0 Å². The molecule has 0 spiro atoms. The van der Waals surface area contributed by atoms with Gasteiger partial charge in [-0.25, -0.2) is 0 Å². The molecule has 0 aliphatic heterocycles. The maximum absolute atomic E-state index is 12.1. The molecular weight excluding hydrogens is 212 g/mol. The van der Waals surface area contributed by atoms with Gasteiger partial charge in [0.25, 0.3) is 0 Å².